The lowest BCUT2D eigenvalue weighted by molar-refractivity contribution is 0.0526. The van der Waals surface area contributed by atoms with Crippen LogP contribution in [-0.2, 0) is 4.74 Å². The largest absolute Gasteiger partial charge is 0.497 e. The van der Waals surface area contributed by atoms with Crippen LogP contribution in [0.4, 0.5) is 0 Å². The van der Waals surface area contributed by atoms with Gasteiger partial charge in [-0.2, -0.15) is 0 Å². The van der Waals surface area contributed by atoms with Gasteiger partial charge in [0, 0.05) is 11.5 Å². The fourth-order valence-corrected chi connectivity index (χ4v) is 1.83. The molecule has 0 bridgehead atoms. The fourth-order valence-electron chi connectivity index (χ4n) is 1.60. The van der Waals surface area contributed by atoms with Crippen molar-refractivity contribution in [1.29, 1.82) is 0 Å². The zero-order valence-corrected chi connectivity index (χ0v) is 10.8. The van der Waals surface area contributed by atoms with Gasteiger partial charge in [0.15, 0.2) is 0 Å². The number of nitrogens with zero attached hydrogens (tertiary/aromatic N) is 1. The highest BCUT2D eigenvalue weighted by Gasteiger charge is 2.14. The number of methoxy groups -OCH3 is 1. The van der Waals surface area contributed by atoms with Crippen LogP contribution < -0.4 is 4.74 Å². The minimum atomic E-state index is -0.465. The van der Waals surface area contributed by atoms with Crippen molar-refractivity contribution in [3.8, 4) is 5.75 Å². The third kappa shape index (κ3) is 2.38. The van der Waals surface area contributed by atoms with E-state index in [1.165, 1.54) is 0 Å². The average molecular weight is 266 g/mol. The van der Waals surface area contributed by atoms with Crippen LogP contribution in [-0.4, -0.2) is 24.7 Å². The topological polar surface area (TPSA) is 48.4 Å². The number of carbonyl (C=O) groups is 1. The standard InChI is InChI=1S/C13H12ClNO3/c1-3-18-13(16)10-6-8-4-5-9(17-2)7-11(8)15-12(10)14/h4-7H,3H2,1-2H3. The second kappa shape index (κ2) is 5.23. The van der Waals surface area contributed by atoms with Gasteiger partial charge in [-0.15, -0.1) is 0 Å². The summed E-state index contributed by atoms with van der Waals surface area (Å²) < 4.78 is 10.0. The molecular weight excluding hydrogens is 254 g/mol. The summed E-state index contributed by atoms with van der Waals surface area (Å²) >= 11 is 5.98. The minimum Gasteiger partial charge on any atom is -0.497 e. The molecule has 0 saturated heterocycles. The predicted molar refractivity (Wildman–Crippen MR) is 69.3 cm³/mol. The van der Waals surface area contributed by atoms with Crippen LogP contribution in [0, 0.1) is 0 Å². The lowest BCUT2D eigenvalue weighted by atomic mass is 10.1. The summed E-state index contributed by atoms with van der Waals surface area (Å²) in [7, 11) is 1.58. The number of rotatable bonds is 3. The van der Waals surface area contributed by atoms with E-state index in [9.17, 15) is 4.79 Å². The highest BCUT2D eigenvalue weighted by atomic mass is 35.5. The van der Waals surface area contributed by atoms with Gasteiger partial charge in [0.25, 0.3) is 0 Å². The molecule has 1 aromatic carbocycles. The first-order chi connectivity index (χ1) is 8.65. The maximum atomic E-state index is 11.7. The van der Waals surface area contributed by atoms with Crippen molar-refractivity contribution in [2.45, 2.75) is 6.92 Å². The van der Waals surface area contributed by atoms with Gasteiger partial charge >= 0.3 is 5.97 Å². The zero-order chi connectivity index (χ0) is 13.1. The van der Waals surface area contributed by atoms with Gasteiger partial charge < -0.3 is 9.47 Å². The molecule has 0 amide bonds. The van der Waals surface area contributed by atoms with E-state index in [0.717, 1.165) is 5.39 Å². The van der Waals surface area contributed by atoms with Crippen molar-refractivity contribution >= 4 is 28.5 Å². The summed E-state index contributed by atoms with van der Waals surface area (Å²) in [6.07, 6.45) is 0. The Hall–Kier alpha value is -1.81. The van der Waals surface area contributed by atoms with Gasteiger partial charge in [0.1, 0.15) is 10.9 Å². The molecule has 1 heterocycles. The van der Waals surface area contributed by atoms with Crippen molar-refractivity contribution in [1.82, 2.24) is 4.98 Å². The molecule has 0 spiro atoms. The Bertz CT molecular complexity index is 598. The smallest absolute Gasteiger partial charge is 0.341 e. The number of fused-ring (bicyclic) bond motifs is 1. The summed E-state index contributed by atoms with van der Waals surface area (Å²) in [6, 6.07) is 7.05. The number of benzene rings is 1. The number of halogens is 1. The molecule has 2 rings (SSSR count). The lowest BCUT2D eigenvalue weighted by Crippen LogP contribution is -2.06. The van der Waals surface area contributed by atoms with Crippen molar-refractivity contribution in [3.05, 3.63) is 35.0 Å². The third-order valence-electron chi connectivity index (χ3n) is 2.47. The van der Waals surface area contributed by atoms with Gasteiger partial charge in [-0.1, -0.05) is 11.6 Å². The number of carbonyl (C=O) groups excluding carboxylic acids is 1. The first-order valence-corrected chi connectivity index (χ1v) is 5.85. The summed E-state index contributed by atoms with van der Waals surface area (Å²) in [5, 5.41) is 0.942. The molecule has 2 aromatic rings. The fraction of sp³-hybridized carbons (Fsp3) is 0.231. The Labute approximate surface area is 109 Å². The molecule has 0 aliphatic carbocycles. The normalized spacial score (nSPS) is 10.4. The molecule has 0 saturated carbocycles. The predicted octanol–water partition coefficient (Wildman–Crippen LogP) is 3.07. The number of esters is 1. The average Bonchev–Trinajstić information content (AvgIpc) is 2.37. The van der Waals surface area contributed by atoms with E-state index in [4.69, 9.17) is 21.1 Å². The molecule has 1 aromatic heterocycles. The molecule has 0 radical (unpaired) electrons. The van der Waals surface area contributed by atoms with E-state index >= 15 is 0 Å². The van der Waals surface area contributed by atoms with E-state index in [-0.39, 0.29) is 10.7 Å². The maximum absolute atomic E-state index is 11.7. The van der Waals surface area contributed by atoms with Gasteiger partial charge in [-0.05, 0) is 25.1 Å². The Morgan fingerprint density at radius 1 is 1.39 bits per heavy atom. The third-order valence-corrected chi connectivity index (χ3v) is 2.76. The number of hydrogen-bond acceptors (Lipinski definition) is 4. The number of ether oxygens (including phenoxy) is 2. The van der Waals surface area contributed by atoms with Gasteiger partial charge in [-0.25, -0.2) is 9.78 Å². The maximum Gasteiger partial charge on any atom is 0.341 e. The SMILES string of the molecule is CCOC(=O)c1cc2ccc(OC)cc2nc1Cl. The zero-order valence-electron chi connectivity index (χ0n) is 10.1. The highest BCUT2D eigenvalue weighted by Crippen LogP contribution is 2.24. The molecule has 5 heteroatoms. The Morgan fingerprint density at radius 2 is 2.17 bits per heavy atom. The quantitative estimate of drug-likeness (QED) is 0.632. The van der Waals surface area contributed by atoms with E-state index < -0.39 is 5.97 Å². The Kier molecular flexibility index (Phi) is 3.67. The van der Waals surface area contributed by atoms with E-state index in [2.05, 4.69) is 4.98 Å². The van der Waals surface area contributed by atoms with Gasteiger partial charge in [0.05, 0.1) is 24.8 Å². The lowest BCUT2D eigenvalue weighted by Gasteiger charge is -2.06. The van der Waals surface area contributed by atoms with Crippen LogP contribution in [0.3, 0.4) is 0 Å². The minimum absolute atomic E-state index is 0.134. The number of aromatic nitrogens is 1. The van der Waals surface area contributed by atoms with E-state index in [1.807, 2.05) is 6.07 Å². The first kappa shape index (κ1) is 12.6. The molecule has 94 valence electrons. The molecule has 0 aliphatic heterocycles. The molecule has 0 fully saturated rings. The second-order valence-electron chi connectivity index (χ2n) is 3.61. The highest BCUT2D eigenvalue weighted by molar-refractivity contribution is 6.33. The Balaban J connectivity index is 2.52. The van der Waals surface area contributed by atoms with Crippen LogP contribution in [0.1, 0.15) is 17.3 Å². The van der Waals surface area contributed by atoms with Crippen LogP contribution in [0.2, 0.25) is 5.15 Å². The van der Waals surface area contributed by atoms with Crippen LogP contribution in [0.25, 0.3) is 10.9 Å². The van der Waals surface area contributed by atoms with Crippen molar-refractivity contribution < 1.29 is 14.3 Å². The molecule has 0 N–H and O–H groups in total. The molecule has 0 unspecified atom stereocenters. The Morgan fingerprint density at radius 3 is 2.83 bits per heavy atom. The van der Waals surface area contributed by atoms with Gasteiger partial charge in [0.2, 0.25) is 0 Å². The van der Waals surface area contributed by atoms with Crippen molar-refractivity contribution in [2.75, 3.05) is 13.7 Å². The summed E-state index contributed by atoms with van der Waals surface area (Å²) in [5.74, 6) is 0.225. The van der Waals surface area contributed by atoms with E-state index in [0.29, 0.717) is 17.9 Å². The van der Waals surface area contributed by atoms with Gasteiger partial charge in [-0.3, -0.25) is 0 Å². The number of hydrogen-bond donors (Lipinski definition) is 0. The number of pyridine rings is 1. The van der Waals surface area contributed by atoms with Crippen LogP contribution in [0.5, 0.6) is 5.75 Å². The van der Waals surface area contributed by atoms with Crippen molar-refractivity contribution in [3.63, 3.8) is 0 Å². The second-order valence-corrected chi connectivity index (χ2v) is 3.96. The summed E-state index contributed by atoms with van der Waals surface area (Å²) in [5.41, 5.74) is 0.948. The molecule has 18 heavy (non-hydrogen) atoms. The molecule has 0 aliphatic rings. The summed E-state index contributed by atoms with van der Waals surface area (Å²) in [6.45, 7) is 2.04. The van der Waals surface area contributed by atoms with Crippen molar-refractivity contribution in [2.24, 2.45) is 0 Å². The molecule has 0 atom stereocenters. The van der Waals surface area contributed by atoms with Crippen LogP contribution in [0.15, 0.2) is 24.3 Å². The molecule has 4 nitrogen and oxygen atoms in total. The first-order valence-electron chi connectivity index (χ1n) is 5.47. The monoisotopic (exact) mass is 265 g/mol. The molecular formula is C13H12ClNO3. The van der Waals surface area contributed by atoms with Crippen LogP contribution >= 0.6 is 11.6 Å². The summed E-state index contributed by atoms with van der Waals surface area (Å²) in [4.78, 5) is 15.8. The van der Waals surface area contributed by atoms with E-state index in [1.54, 1.807) is 32.2 Å².